The summed E-state index contributed by atoms with van der Waals surface area (Å²) in [5, 5.41) is 11.0. The van der Waals surface area contributed by atoms with Crippen molar-refractivity contribution < 1.29 is 13.2 Å². The van der Waals surface area contributed by atoms with Crippen LogP contribution in [0.4, 0.5) is 5.69 Å². The largest absolute Gasteiger partial charge is 0.378 e. The number of hydrogen-bond acceptors (Lipinski definition) is 6. The molecule has 0 aliphatic heterocycles. The summed E-state index contributed by atoms with van der Waals surface area (Å²) in [6, 6.07) is 16.3. The van der Waals surface area contributed by atoms with E-state index in [9.17, 15) is 22.8 Å². The van der Waals surface area contributed by atoms with Gasteiger partial charge in [0.2, 0.25) is 10.0 Å². The van der Waals surface area contributed by atoms with Gasteiger partial charge in [-0.3, -0.25) is 14.6 Å². The molecule has 6 N–H and O–H groups in total. The Morgan fingerprint density at radius 3 is 2.25 bits per heavy atom. The van der Waals surface area contributed by atoms with Crippen molar-refractivity contribution in [3.05, 3.63) is 92.3 Å². The van der Waals surface area contributed by atoms with E-state index in [4.69, 9.17) is 5.14 Å². The summed E-state index contributed by atoms with van der Waals surface area (Å²) in [5.74, 6) is -0.0589. The number of aromatic amines is 2. The molecule has 0 atom stereocenters. The number of carbonyl (C=O) groups is 1. The first-order valence-electron chi connectivity index (χ1n) is 11.8. The van der Waals surface area contributed by atoms with E-state index in [0.29, 0.717) is 12.3 Å². The molecule has 3 aromatic rings. The number of nitrogens with one attached hydrogen (secondary N) is 4. The Kier molecular flexibility index (Phi) is 7.70. The van der Waals surface area contributed by atoms with Gasteiger partial charge in [-0.15, -0.1) is 0 Å². The molecule has 36 heavy (non-hydrogen) atoms. The van der Waals surface area contributed by atoms with Crippen LogP contribution in [-0.2, 0) is 16.4 Å². The molecule has 1 saturated carbocycles. The summed E-state index contributed by atoms with van der Waals surface area (Å²) in [4.78, 5) is 42.0. The van der Waals surface area contributed by atoms with Crippen molar-refractivity contribution in [2.24, 2.45) is 5.14 Å². The lowest BCUT2D eigenvalue weighted by atomic mass is 9.82. The molecule has 1 amide bonds. The van der Waals surface area contributed by atoms with Crippen LogP contribution in [0.25, 0.3) is 0 Å². The molecule has 1 fully saturated rings. The Labute approximate surface area is 208 Å². The molecule has 0 radical (unpaired) electrons. The van der Waals surface area contributed by atoms with Gasteiger partial charge in [-0.25, -0.2) is 18.4 Å². The van der Waals surface area contributed by atoms with Crippen LogP contribution in [0.5, 0.6) is 0 Å². The molecule has 0 saturated heterocycles. The lowest BCUT2D eigenvalue weighted by Crippen LogP contribution is -2.40. The molecule has 190 valence electrons. The second-order valence-electron chi connectivity index (χ2n) is 8.96. The van der Waals surface area contributed by atoms with E-state index in [1.54, 1.807) is 12.1 Å². The van der Waals surface area contributed by atoms with Crippen molar-refractivity contribution in [2.45, 2.75) is 49.0 Å². The fourth-order valence-corrected chi connectivity index (χ4v) is 5.07. The van der Waals surface area contributed by atoms with Crippen LogP contribution in [-0.4, -0.2) is 36.9 Å². The highest BCUT2D eigenvalue weighted by molar-refractivity contribution is 7.89. The van der Waals surface area contributed by atoms with Gasteiger partial charge in [-0.2, -0.15) is 0 Å². The summed E-state index contributed by atoms with van der Waals surface area (Å²) < 4.78 is 22.8. The minimum Gasteiger partial charge on any atom is -0.378 e. The Balaban J connectivity index is 1.38. The number of sulfonamides is 1. The minimum absolute atomic E-state index is 0.00745. The normalized spacial score (nSPS) is 17.9. The summed E-state index contributed by atoms with van der Waals surface area (Å²) in [7, 11) is -3.78. The molecule has 11 heteroatoms. The average Bonchev–Trinajstić information content (AvgIpc) is 2.86. The van der Waals surface area contributed by atoms with Gasteiger partial charge in [-0.1, -0.05) is 42.5 Å². The van der Waals surface area contributed by atoms with Gasteiger partial charge in [0.05, 0.1) is 4.90 Å². The van der Waals surface area contributed by atoms with Crippen LogP contribution in [0, 0.1) is 0 Å². The number of benzene rings is 2. The molecule has 4 rings (SSSR count). The van der Waals surface area contributed by atoms with E-state index in [2.05, 4.69) is 32.7 Å². The Hall–Kier alpha value is -3.70. The highest BCUT2D eigenvalue weighted by Crippen LogP contribution is 2.32. The van der Waals surface area contributed by atoms with Gasteiger partial charge in [-0.05, 0) is 61.3 Å². The number of hydrogen-bond donors (Lipinski definition) is 5. The molecule has 1 heterocycles. The predicted octanol–water partition coefficient (Wildman–Crippen LogP) is 1.82. The van der Waals surface area contributed by atoms with Crippen LogP contribution >= 0.6 is 0 Å². The van der Waals surface area contributed by atoms with Gasteiger partial charge >= 0.3 is 5.69 Å². The standard InChI is InChI=1S/C25H29N5O5S/c26-36(34,35)20-12-6-16(7-13-20)14-15-27-21-22(29-25(33)30-23(21)31)24(32)28-19-10-8-18(9-11-19)17-4-2-1-3-5-17/h1-7,12-13,18-19,27H,8-11,14-15H2,(H,28,32)(H2,26,34,35)(H2,29,30,31,33). The number of anilines is 1. The van der Waals surface area contributed by atoms with Crippen LogP contribution in [0.3, 0.4) is 0 Å². The number of rotatable bonds is 8. The maximum absolute atomic E-state index is 13.0. The van der Waals surface area contributed by atoms with Gasteiger partial charge < -0.3 is 15.6 Å². The molecular formula is C25H29N5O5S. The molecule has 0 unspecified atom stereocenters. The number of primary sulfonamides is 1. The van der Waals surface area contributed by atoms with E-state index in [0.717, 1.165) is 31.2 Å². The average molecular weight is 512 g/mol. The highest BCUT2D eigenvalue weighted by atomic mass is 32.2. The zero-order valence-electron chi connectivity index (χ0n) is 19.6. The summed E-state index contributed by atoms with van der Waals surface area (Å²) in [6.45, 7) is 0.270. The number of nitrogens with two attached hydrogens (primary N) is 1. The van der Waals surface area contributed by atoms with Crippen molar-refractivity contribution >= 4 is 21.6 Å². The topological polar surface area (TPSA) is 167 Å². The predicted molar refractivity (Wildman–Crippen MR) is 137 cm³/mol. The first kappa shape index (κ1) is 25.4. The molecule has 2 aromatic carbocycles. The number of H-pyrrole nitrogens is 2. The summed E-state index contributed by atoms with van der Waals surface area (Å²) in [6.07, 6.45) is 3.92. The molecule has 10 nitrogen and oxygen atoms in total. The zero-order valence-corrected chi connectivity index (χ0v) is 20.4. The van der Waals surface area contributed by atoms with Gasteiger partial charge in [0, 0.05) is 12.6 Å². The van der Waals surface area contributed by atoms with Crippen molar-refractivity contribution in [3.8, 4) is 0 Å². The molecule has 1 aliphatic carbocycles. The molecule has 0 spiro atoms. The Bertz CT molecular complexity index is 1420. The molecule has 1 aromatic heterocycles. The molecule has 1 aliphatic rings. The minimum atomic E-state index is -3.78. The van der Waals surface area contributed by atoms with Crippen molar-refractivity contribution in [1.82, 2.24) is 15.3 Å². The van der Waals surface area contributed by atoms with E-state index < -0.39 is 27.2 Å². The third-order valence-corrected chi connectivity index (χ3v) is 7.40. The Morgan fingerprint density at radius 2 is 1.61 bits per heavy atom. The monoisotopic (exact) mass is 511 g/mol. The second kappa shape index (κ2) is 10.9. The van der Waals surface area contributed by atoms with E-state index in [1.807, 2.05) is 18.2 Å². The van der Waals surface area contributed by atoms with Gasteiger partial charge in [0.1, 0.15) is 11.4 Å². The molecular weight excluding hydrogens is 482 g/mol. The quantitative estimate of drug-likeness (QED) is 0.309. The van der Waals surface area contributed by atoms with Crippen molar-refractivity contribution in [3.63, 3.8) is 0 Å². The van der Waals surface area contributed by atoms with Crippen molar-refractivity contribution in [2.75, 3.05) is 11.9 Å². The fraction of sp³-hybridized carbons (Fsp3) is 0.320. The zero-order chi connectivity index (χ0) is 25.7. The fourth-order valence-electron chi connectivity index (χ4n) is 4.56. The van der Waals surface area contributed by atoms with Gasteiger partial charge in [0.15, 0.2) is 0 Å². The maximum Gasteiger partial charge on any atom is 0.326 e. The lowest BCUT2D eigenvalue weighted by molar-refractivity contribution is 0.0921. The first-order chi connectivity index (χ1) is 17.2. The number of amides is 1. The third-order valence-electron chi connectivity index (χ3n) is 6.47. The second-order valence-corrected chi connectivity index (χ2v) is 10.5. The lowest BCUT2D eigenvalue weighted by Gasteiger charge is -2.29. The Morgan fingerprint density at radius 1 is 0.944 bits per heavy atom. The van der Waals surface area contributed by atoms with Crippen LogP contribution < -0.4 is 27.0 Å². The maximum atomic E-state index is 13.0. The third kappa shape index (κ3) is 6.29. The highest BCUT2D eigenvalue weighted by Gasteiger charge is 2.25. The first-order valence-corrected chi connectivity index (χ1v) is 13.3. The van der Waals surface area contributed by atoms with Gasteiger partial charge in [0.25, 0.3) is 11.5 Å². The van der Waals surface area contributed by atoms with E-state index >= 15 is 0 Å². The van der Waals surface area contributed by atoms with Crippen molar-refractivity contribution in [1.29, 1.82) is 0 Å². The van der Waals surface area contributed by atoms with Crippen LogP contribution in [0.1, 0.15) is 53.2 Å². The van der Waals surface area contributed by atoms with E-state index in [1.165, 1.54) is 17.7 Å². The van der Waals surface area contributed by atoms with E-state index in [-0.39, 0.29) is 28.9 Å². The van der Waals surface area contributed by atoms with Crippen LogP contribution in [0.2, 0.25) is 0 Å². The number of carbonyl (C=O) groups excluding carboxylic acids is 1. The molecule has 0 bridgehead atoms. The summed E-state index contributed by atoms with van der Waals surface area (Å²) in [5.41, 5.74) is 0.511. The summed E-state index contributed by atoms with van der Waals surface area (Å²) >= 11 is 0. The SMILES string of the molecule is NS(=O)(=O)c1ccc(CCNc2c(C(=O)NC3CCC(c4ccccc4)CC3)[nH]c(=O)[nH]c2=O)cc1. The smallest absolute Gasteiger partial charge is 0.326 e. The van der Waals surface area contributed by atoms with Crippen LogP contribution in [0.15, 0.2) is 69.1 Å². The number of aromatic nitrogens is 2.